The number of amides is 1. The predicted molar refractivity (Wildman–Crippen MR) is 77.2 cm³/mol. The standard InChI is InChI=1S/C15H23N3O2/c1-15(2,3)20-14(19)17-13(18-9-4-5-10-18)12-7-6-8-16-11-12/h6-8,11,13H,4-5,9-10H2,1-3H3,(H,17,19). The van der Waals surface area contributed by atoms with Crippen LogP contribution in [0.25, 0.3) is 0 Å². The molecular weight excluding hydrogens is 254 g/mol. The molecule has 20 heavy (non-hydrogen) atoms. The van der Waals surface area contributed by atoms with Crippen LogP contribution in [0.15, 0.2) is 24.5 Å². The highest BCUT2D eigenvalue weighted by Gasteiger charge is 2.27. The molecular formula is C15H23N3O2. The van der Waals surface area contributed by atoms with Crippen molar-refractivity contribution in [2.45, 2.75) is 45.4 Å². The first-order chi connectivity index (χ1) is 9.46. The average Bonchev–Trinajstić information content (AvgIpc) is 2.88. The molecule has 1 aliphatic heterocycles. The Bertz CT molecular complexity index is 436. The highest BCUT2D eigenvalue weighted by molar-refractivity contribution is 5.68. The number of nitrogens with zero attached hydrogens (tertiary/aromatic N) is 2. The zero-order chi connectivity index (χ0) is 14.6. The summed E-state index contributed by atoms with van der Waals surface area (Å²) >= 11 is 0. The molecule has 0 spiro atoms. The highest BCUT2D eigenvalue weighted by Crippen LogP contribution is 2.22. The summed E-state index contributed by atoms with van der Waals surface area (Å²) in [7, 11) is 0. The van der Waals surface area contributed by atoms with Crippen molar-refractivity contribution >= 4 is 6.09 Å². The normalized spacial score (nSPS) is 17.8. The fraction of sp³-hybridized carbons (Fsp3) is 0.600. The molecule has 110 valence electrons. The van der Waals surface area contributed by atoms with Crippen LogP contribution >= 0.6 is 0 Å². The van der Waals surface area contributed by atoms with Crippen molar-refractivity contribution < 1.29 is 9.53 Å². The monoisotopic (exact) mass is 277 g/mol. The van der Waals surface area contributed by atoms with E-state index in [1.165, 1.54) is 0 Å². The summed E-state index contributed by atoms with van der Waals surface area (Å²) in [6.07, 6.45) is 5.29. The molecule has 2 rings (SSSR count). The van der Waals surface area contributed by atoms with Crippen molar-refractivity contribution in [2.75, 3.05) is 13.1 Å². The number of ether oxygens (including phenoxy) is 1. The van der Waals surface area contributed by atoms with E-state index in [0.29, 0.717) is 0 Å². The summed E-state index contributed by atoms with van der Waals surface area (Å²) in [5.41, 5.74) is 0.495. The van der Waals surface area contributed by atoms with Gasteiger partial charge in [-0.25, -0.2) is 4.79 Å². The van der Waals surface area contributed by atoms with E-state index in [-0.39, 0.29) is 6.17 Å². The lowest BCUT2D eigenvalue weighted by Crippen LogP contribution is -2.42. The van der Waals surface area contributed by atoms with E-state index in [0.717, 1.165) is 31.5 Å². The summed E-state index contributed by atoms with van der Waals surface area (Å²) in [6, 6.07) is 3.86. The molecule has 5 heteroatoms. The van der Waals surface area contributed by atoms with Gasteiger partial charge in [-0.1, -0.05) is 6.07 Å². The first-order valence-electron chi connectivity index (χ1n) is 7.09. The van der Waals surface area contributed by atoms with Crippen LogP contribution in [0.3, 0.4) is 0 Å². The number of carbonyl (C=O) groups excluding carboxylic acids is 1. The Morgan fingerprint density at radius 3 is 2.65 bits per heavy atom. The van der Waals surface area contributed by atoms with Gasteiger partial charge in [0.1, 0.15) is 11.8 Å². The lowest BCUT2D eigenvalue weighted by molar-refractivity contribution is 0.0432. The third-order valence-corrected chi connectivity index (χ3v) is 3.16. The number of rotatable bonds is 3. The van der Waals surface area contributed by atoms with Gasteiger partial charge in [0.15, 0.2) is 0 Å². The van der Waals surface area contributed by atoms with Gasteiger partial charge in [-0.3, -0.25) is 9.88 Å². The van der Waals surface area contributed by atoms with Crippen LogP contribution in [-0.2, 0) is 4.74 Å². The summed E-state index contributed by atoms with van der Waals surface area (Å²) in [6.45, 7) is 7.55. The number of carbonyl (C=O) groups is 1. The lowest BCUT2D eigenvalue weighted by Gasteiger charge is -2.29. The first kappa shape index (κ1) is 14.8. The zero-order valence-corrected chi connectivity index (χ0v) is 12.4. The molecule has 2 heterocycles. The number of hydrogen-bond acceptors (Lipinski definition) is 4. The second-order valence-electron chi connectivity index (χ2n) is 6.08. The SMILES string of the molecule is CC(C)(C)OC(=O)NC(c1cccnc1)N1CCCC1. The maximum atomic E-state index is 12.0. The first-order valence-corrected chi connectivity index (χ1v) is 7.09. The van der Waals surface area contributed by atoms with Gasteiger partial charge in [0.2, 0.25) is 0 Å². The van der Waals surface area contributed by atoms with Crippen LogP contribution in [0.5, 0.6) is 0 Å². The molecule has 0 aliphatic carbocycles. The van der Waals surface area contributed by atoms with E-state index >= 15 is 0 Å². The second kappa shape index (κ2) is 6.22. The van der Waals surface area contributed by atoms with Crippen LogP contribution in [0.1, 0.15) is 45.3 Å². The van der Waals surface area contributed by atoms with E-state index in [2.05, 4.69) is 15.2 Å². The summed E-state index contributed by atoms with van der Waals surface area (Å²) in [5, 5.41) is 2.96. The molecule has 1 amide bonds. The van der Waals surface area contributed by atoms with Crippen LogP contribution in [-0.4, -0.2) is 34.7 Å². The Morgan fingerprint density at radius 1 is 1.40 bits per heavy atom. The summed E-state index contributed by atoms with van der Waals surface area (Å²) in [4.78, 5) is 18.4. The molecule has 5 nitrogen and oxygen atoms in total. The topological polar surface area (TPSA) is 54.5 Å². The van der Waals surface area contributed by atoms with Crippen LogP contribution in [0.4, 0.5) is 4.79 Å². The number of alkyl carbamates (subject to hydrolysis) is 1. The minimum atomic E-state index is -0.491. The molecule has 1 fully saturated rings. The fourth-order valence-electron chi connectivity index (χ4n) is 2.34. The van der Waals surface area contributed by atoms with Crippen molar-refractivity contribution in [2.24, 2.45) is 0 Å². The van der Waals surface area contributed by atoms with Gasteiger partial charge >= 0.3 is 6.09 Å². The molecule has 0 radical (unpaired) electrons. The predicted octanol–water partition coefficient (Wildman–Crippen LogP) is 2.70. The van der Waals surface area contributed by atoms with Crippen LogP contribution in [0.2, 0.25) is 0 Å². The largest absolute Gasteiger partial charge is 0.444 e. The minimum Gasteiger partial charge on any atom is -0.444 e. The lowest BCUT2D eigenvalue weighted by atomic mass is 10.2. The Kier molecular flexibility index (Phi) is 4.60. The molecule has 0 bridgehead atoms. The van der Waals surface area contributed by atoms with E-state index in [1.807, 2.05) is 32.9 Å². The van der Waals surface area contributed by atoms with Crippen molar-refractivity contribution in [3.63, 3.8) is 0 Å². The van der Waals surface area contributed by atoms with Crippen LogP contribution in [0, 0.1) is 0 Å². The van der Waals surface area contributed by atoms with Crippen molar-refractivity contribution in [1.29, 1.82) is 0 Å². The van der Waals surface area contributed by atoms with Crippen molar-refractivity contribution in [3.05, 3.63) is 30.1 Å². The Balaban J connectivity index is 2.09. The Morgan fingerprint density at radius 2 is 2.10 bits per heavy atom. The molecule has 1 saturated heterocycles. The highest BCUT2D eigenvalue weighted by atomic mass is 16.6. The van der Waals surface area contributed by atoms with Crippen LogP contribution < -0.4 is 5.32 Å². The zero-order valence-electron chi connectivity index (χ0n) is 12.4. The van der Waals surface area contributed by atoms with Gasteiger partial charge in [-0.05, 0) is 39.7 Å². The molecule has 0 saturated carbocycles. The second-order valence-corrected chi connectivity index (χ2v) is 6.08. The minimum absolute atomic E-state index is 0.166. The molecule has 0 aromatic carbocycles. The quantitative estimate of drug-likeness (QED) is 0.923. The molecule has 1 unspecified atom stereocenters. The summed E-state index contributed by atoms with van der Waals surface area (Å²) in [5.74, 6) is 0. The molecule has 1 aromatic heterocycles. The van der Waals surface area contributed by atoms with Crippen molar-refractivity contribution in [3.8, 4) is 0 Å². The van der Waals surface area contributed by atoms with Crippen molar-refractivity contribution in [1.82, 2.24) is 15.2 Å². The van der Waals surface area contributed by atoms with Gasteiger partial charge in [-0.15, -0.1) is 0 Å². The number of likely N-dealkylation sites (tertiary alicyclic amines) is 1. The van der Waals surface area contributed by atoms with Gasteiger partial charge in [0.05, 0.1) is 0 Å². The summed E-state index contributed by atoms with van der Waals surface area (Å²) < 4.78 is 5.35. The molecule has 1 N–H and O–H groups in total. The third kappa shape index (κ3) is 4.20. The number of aromatic nitrogens is 1. The Labute approximate surface area is 120 Å². The van der Waals surface area contributed by atoms with Gasteiger partial charge < -0.3 is 10.1 Å². The maximum Gasteiger partial charge on any atom is 0.409 e. The maximum absolute atomic E-state index is 12.0. The van der Waals surface area contributed by atoms with Gasteiger partial charge in [0, 0.05) is 31.0 Å². The van der Waals surface area contributed by atoms with Gasteiger partial charge in [0.25, 0.3) is 0 Å². The smallest absolute Gasteiger partial charge is 0.409 e. The number of hydrogen-bond donors (Lipinski definition) is 1. The number of pyridine rings is 1. The van der Waals surface area contributed by atoms with E-state index in [9.17, 15) is 4.79 Å². The average molecular weight is 277 g/mol. The Hall–Kier alpha value is -1.62. The fourth-order valence-corrected chi connectivity index (χ4v) is 2.34. The third-order valence-electron chi connectivity index (χ3n) is 3.16. The molecule has 1 atom stereocenters. The molecule has 1 aliphatic rings. The van der Waals surface area contributed by atoms with E-state index in [1.54, 1.807) is 12.4 Å². The van der Waals surface area contributed by atoms with E-state index in [4.69, 9.17) is 4.74 Å². The van der Waals surface area contributed by atoms with Gasteiger partial charge in [-0.2, -0.15) is 0 Å². The molecule has 1 aromatic rings. The van der Waals surface area contributed by atoms with E-state index < -0.39 is 11.7 Å². The number of nitrogens with one attached hydrogen (secondary N) is 1.